The van der Waals surface area contributed by atoms with Gasteiger partial charge in [-0.1, -0.05) is 18.1 Å². The van der Waals surface area contributed by atoms with Crippen LogP contribution in [0.4, 0.5) is 0 Å². The van der Waals surface area contributed by atoms with E-state index in [0.717, 1.165) is 61.2 Å². The summed E-state index contributed by atoms with van der Waals surface area (Å²) in [5.74, 6) is 1.77. The molecule has 2 aromatic heterocycles. The molecule has 1 unspecified atom stereocenters. The minimum atomic E-state index is -0.598. The highest BCUT2D eigenvalue weighted by molar-refractivity contribution is 6.05. The van der Waals surface area contributed by atoms with Crippen molar-refractivity contribution in [2.75, 3.05) is 0 Å². The van der Waals surface area contributed by atoms with Crippen LogP contribution in [0.2, 0.25) is 0 Å². The molecule has 5 rings (SSSR count). The number of nitrogens with zero attached hydrogens (tertiary/aromatic N) is 5. The summed E-state index contributed by atoms with van der Waals surface area (Å²) in [6, 6.07) is 5.15. The molecule has 1 N–H and O–H groups in total. The number of nitrogens with one attached hydrogen (secondary N) is 1. The number of rotatable bonds is 9. The molecule has 9 nitrogen and oxygen atoms in total. The topological polar surface area (TPSA) is 102 Å². The summed E-state index contributed by atoms with van der Waals surface area (Å²) in [6.07, 6.45) is 17.0. The highest BCUT2D eigenvalue weighted by Gasteiger charge is 2.39. The summed E-state index contributed by atoms with van der Waals surface area (Å²) in [5.41, 5.74) is 4.51. The predicted molar refractivity (Wildman–Crippen MR) is 132 cm³/mol. The highest BCUT2D eigenvalue weighted by atomic mass is 16.2. The number of carbonyl (C=O) groups is 3. The first-order chi connectivity index (χ1) is 17.5. The molecule has 3 amide bonds. The van der Waals surface area contributed by atoms with Crippen LogP contribution in [0, 0.1) is 12.3 Å². The van der Waals surface area contributed by atoms with Crippen molar-refractivity contribution >= 4 is 17.7 Å². The van der Waals surface area contributed by atoms with E-state index < -0.39 is 6.04 Å². The van der Waals surface area contributed by atoms with E-state index in [1.54, 1.807) is 11.1 Å². The Morgan fingerprint density at radius 3 is 2.78 bits per heavy atom. The first-order valence-corrected chi connectivity index (χ1v) is 12.3. The summed E-state index contributed by atoms with van der Waals surface area (Å²) >= 11 is 0. The number of aryl methyl sites for hydroxylation is 4. The Bertz CT molecular complexity index is 1350. The lowest BCUT2D eigenvalue weighted by atomic mass is 9.99. The maximum Gasteiger partial charge on any atom is 0.255 e. The van der Waals surface area contributed by atoms with Gasteiger partial charge in [-0.15, -0.1) is 6.42 Å². The van der Waals surface area contributed by atoms with E-state index in [2.05, 4.69) is 32.1 Å². The Morgan fingerprint density at radius 1 is 1.11 bits per heavy atom. The number of unbranched alkanes of at least 4 members (excludes halogenated alkanes) is 1. The number of benzene rings is 1. The molecule has 0 saturated carbocycles. The number of imidazole rings is 1. The standard InChI is InChI=1S/C27H28N6O3/c1-2-19-14-29-32(15-19)13-4-3-12-31-16-21(28-18-31)9-8-20-6-5-7-22-23(20)17-33(27(22)36)24-10-11-25(34)30-26(24)35/h1,5-7,14-16,18,24H,3-4,8-13,17H2,(H,30,34,35). The molecular formula is C27H28N6O3. The van der Waals surface area contributed by atoms with Crippen LogP contribution < -0.4 is 5.32 Å². The van der Waals surface area contributed by atoms with Gasteiger partial charge in [0.2, 0.25) is 11.8 Å². The van der Waals surface area contributed by atoms with Crippen molar-refractivity contribution in [2.45, 2.75) is 64.2 Å². The average Bonchev–Trinajstić information content (AvgIpc) is 3.60. The van der Waals surface area contributed by atoms with Gasteiger partial charge in [-0.2, -0.15) is 5.10 Å². The van der Waals surface area contributed by atoms with E-state index >= 15 is 0 Å². The Morgan fingerprint density at radius 2 is 1.97 bits per heavy atom. The zero-order valence-electron chi connectivity index (χ0n) is 20.0. The van der Waals surface area contributed by atoms with Crippen LogP contribution in [0.25, 0.3) is 0 Å². The van der Waals surface area contributed by atoms with Gasteiger partial charge in [-0.05, 0) is 49.3 Å². The fourth-order valence-electron chi connectivity index (χ4n) is 4.93. The number of hydrogen-bond donors (Lipinski definition) is 1. The Hall–Kier alpha value is -4.19. The first kappa shape index (κ1) is 23.5. The molecule has 0 spiro atoms. The Labute approximate surface area is 209 Å². The lowest BCUT2D eigenvalue weighted by molar-refractivity contribution is -0.136. The minimum absolute atomic E-state index is 0.142. The molecule has 184 valence electrons. The molecule has 0 bridgehead atoms. The monoisotopic (exact) mass is 484 g/mol. The van der Waals surface area contributed by atoms with Crippen LogP contribution in [-0.4, -0.2) is 48.0 Å². The summed E-state index contributed by atoms with van der Waals surface area (Å²) in [7, 11) is 0. The van der Waals surface area contributed by atoms with E-state index in [1.165, 1.54) is 0 Å². The van der Waals surface area contributed by atoms with Crippen LogP contribution in [0.3, 0.4) is 0 Å². The lowest BCUT2D eigenvalue weighted by Crippen LogP contribution is -2.52. The maximum atomic E-state index is 13.0. The van der Waals surface area contributed by atoms with Gasteiger partial charge in [-0.3, -0.25) is 24.4 Å². The molecule has 36 heavy (non-hydrogen) atoms. The molecule has 1 atom stereocenters. The summed E-state index contributed by atoms with van der Waals surface area (Å²) in [5, 5.41) is 6.61. The smallest absolute Gasteiger partial charge is 0.255 e. The van der Waals surface area contributed by atoms with Crippen molar-refractivity contribution in [1.29, 1.82) is 0 Å². The third-order valence-electron chi connectivity index (χ3n) is 6.87. The molecule has 9 heteroatoms. The average molecular weight is 485 g/mol. The molecule has 1 aromatic carbocycles. The number of imide groups is 1. The number of hydrogen-bond acceptors (Lipinski definition) is 5. The summed E-state index contributed by atoms with van der Waals surface area (Å²) < 4.78 is 3.98. The third-order valence-corrected chi connectivity index (χ3v) is 6.87. The number of carbonyl (C=O) groups excluding carboxylic acids is 3. The van der Waals surface area contributed by atoms with Crippen molar-refractivity contribution in [3.8, 4) is 12.3 Å². The van der Waals surface area contributed by atoms with E-state index in [1.807, 2.05) is 35.4 Å². The van der Waals surface area contributed by atoms with Gasteiger partial charge in [0.25, 0.3) is 5.91 Å². The number of fused-ring (bicyclic) bond motifs is 1. The molecule has 4 heterocycles. The molecule has 0 aliphatic carbocycles. The van der Waals surface area contributed by atoms with Gasteiger partial charge in [0.15, 0.2) is 0 Å². The fourth-order valence-corrected chi connectivity index (χ4v) is 4.93. The van der Waals surface area contributed by atoms with Gasteiger partial charge in [0.05, 0.1) is 23.8 Å². The predicted octanol–water partition coefficient (Wildman–Crippen LogP) is 2.09. The van der Waals surface area contributed by atoms with Gasteiger partial charge in [0, 0.05) is 44.0 Å². The zero-order valence-corrected chi connectivity index (χ0v) is 20.0. The highest BCUT2D eigenvalue weighted by Crippen LogP contribution is 2.30. The summed E-state index contributed by atoms with van der Waals surface area (Å²) in [6.45, 7) is 2.10. The van der Waals surface area contributed by atoms with Gasteiger partial charge >= 0.3 is 0 Å². The molecule has 0 radical (unpaired) electrons. The van der Waals surface area contributed by atoms with Crippen LogP contribution in [0.1, 0.15) is 58.4 Å². The SMILES string of the molecule is C#Cc1cnn(CCCCn2cnc(CCc3cccc4c3CN(C3CCC(=O)NC3=O)C4=O)c2)c1. The second-order valence-corrected chi connectivity index (χ2v) is 9.29. The van der Waals surface area contributed by atoms with E-state index in [0.29, 0.717) is 18.5 Å². The molecule has 1 saturated heterocycles. The third kappa shape index (κ3) is 4.93. The number of piperidine rings is 1. The van der Waals surface area contributed by atoms with Crippen LogP contribution >= 0.6 is 0 Å². The molecular weight excluding hydrogens is 456 g/mol. The quantitative estimate of drug-likeness (QED) is 0.285. The number of terminal acetylenes is 1. The van der Waals surface area contributed by atoms with Crippen molar-refractivity contribution in [3.05, 3.63) is 71.1 Å². The molecule has 1 fully saturated rings. The molecule has 2 aliphatic rings. The van der Waals surface area contributed by atoms with E-state index in [-0.39, 0.29) is 24.1 Å². The maximum absolute atomic E-state index is 13.0. The first-order valence-electron chi connectivity index (χ1n) is 12.3. The fraction of sp³-hybridized carbons (Fsp3) is 0.370. The number of amides is 3. The van der Waals surface area contributed by atoms with Gasteiger partial charge < -0.3 is 9.47 Å². The van der Waals surface area contributed by atoms with Gasteiger partial charge in [-0.25, -0.2) is 4.98 Å². The van der Waals surface area contributed by atoms with Crippen molar-refractivity contribution in [3.63, 3.8) is 0 Å². The Kier molecular flexibility index (Phi) is 6.67. The van der Waals surface area contributed by atoms with Crippen molar-refractivity contribution < 1.29 is 14.4 Å². The molecule has 3 aromatic rings. The second-order valence-electron chi connectivity index (χ2n) is 9.29. The van der Waals surface area contributed by atoms with Crippen LogP contribution in [0.15, 0.2) is 43.1 Å². The largest absolute Gasteiger partial charge is 0.337 e. The molecule has 2 aliphatic heterocycles. The van der Waals surface area contributed by atoms with Crippen molar-refractivity contribution in [1.82, 2.24) is 29.5 Å². The normalized spacial score (nSPS) is 17.2. The number of aromatic nitrogens is 4. The van der Waals surface area contributed by atoms with E-state index in [9.17, 15) is 14.4 Å². The lowest BCUT2D eigenvalue weighted by Gasteiger charge is -2.29. The van der Waals surface area contributed by atoms with Crippen LogP contribution in [0.5, 0.6) is 0 Å². The minimum Gasteiger partial charge on any atom is -0.337 e. The van der Waals surface area contributed by atoms with Gasteiger partial charge in [0.1, 0.15) is 6.04 Å². The van der Waals surface area contributed by atoms with Crippen molar-refractivity contribution in [2.24, 2.45) is 0 Å². The Balaban J connectivity index is 1.14. The van der Waals surface area contributed by atoms with Crippen LogP contribution in [-0.2, 0) is 42.1 Å². The summed E-state index contributed by atoms with van der Waals surface area (Å²) in [4.78, 5) is 43.0. The second kappa shape index (κ2) is 10.2. The zero-order chi connectivity index (χ0) is 25.1. The van der Waals surface area contributed by atoms with E-state index in [4.69, 9.17) is 6.42 Å².